The van der Waals surface area contributed by atoms with E-state index in [4.69, 9.17) is 11.1 Å². The first-order valence-corrected chi connectivity index (χ1v) is 8.72. The highest BCUT2D eigenvalue weighted by Crippen LogP contribution is 2.27. The van der Waals surface area contributed by atoms with Gasteiger partial charge in [-0.2, -0.15) is 0 Å². The van der Waals surface area contributed by atoms with Crippen LogP contribution in [0.15, 0.2) is 42.6 Å². The molecule has 3 aromatic heterocycles. The van der Waals surface area contributed by atoms with Gasteiger partial charge in [0, 0.05) is 43.3 Å². The molecule has 1 atom stereocenters. The highest BCUT2D eigenvalue weighted by Gasteiger charge is 2.25. The van der Waals surface area contributed by atoms with Crippen molar-refractivity contribution < 1.29 is 8.78 Å². The van der Waals surface area contributed by atoms with Crippen LogP contribution >= 0.6 is 0 Å². The van der Waals surface area contributed by atoms with E-state index in [0.717, 1.165) is 18.8 Å². The Kier molecular flexibility index (Phi) is 4.68. The molecular formula is C18H18F2N8. The van der Waals surface area contributed by atoms with E-state index in [9.17, 15) is 8.78 Å². The Balaban J connectivity index is 1.65. The molecule has 1 aliphatic heterocycles. The lowest BCUT2D eigenvalue weighted by Crippen LogP contribution is -2.23. The van der Waals surface area contributed by atoms with Crippen LogP contribution in [0.2, 0.25) is 0 Å². The standard InChI is InChI=1S/C18H18F2N8/c19-17(20)13-10-28-14(7-25-16(28)8-24-13)18-23-5-2-15(26-18)27-6-3-11(9-27)12(22)1-4-21/h1-2,4-5,7-8,10-11,17,21H,3,6,9,22H2/b12-1-,21-4?. The van der Waals surface area contributed by atoms with Gasteiger partial charge in [-0.15, -0.1) is 0 Å². The van der Waals surface area contributed by atoms with Crippen LogP contribution in [0.4, 0.5) is 14.6 Å². The van der Waals surface area contributed by atoms with Crippen molar-refractivity contribution in [1.29, 1.82) is 5.41 Å². The Hall–Kier alpha value is -3.43. The smallest absolute Gasteiger partial charge is 0.281 e. The van der Waals surface area contributed by atoms with E-state index in [2.05, 4.69) is 24.8 Å². The largest absolute Gasteiger partial charge is 0.402 e. The van der Waals surface area contributed by atoms with Crippen LogP contribution in [0.1, 0.15) is 18.5 Å². The van der Waals surface area contributed by atoms with E-state index in [1.807, 2.05) is 0 Å². The summed E-state index contributed by atoms with van der Waals surface area (Å²) in [6.45, 7) is 1.47. The summed E-state index contributed by atoms with van der Waals surface area (Å²) in [6, 6.07) is 1.80. The quantitative estimate of drug-likeness (QED) is 0.654. The van der Waals surface area contributed by atoms with Gasteiger partial charge in [-0.1, -0.05) is 0 Å². The molecule has 0 saturated carbocycles. The number of hydrogen-bond acceptors (Lipinski definition) is 7. The van der Waals surface area contributed by atoms with Crippen molar-refractivity contribution in [3.63, 3.8) is 0 Å². The number of alkyl halides is 2. The minimum absolute atomic E-state index is 0.162. The fourth-order valence-corrected chi connectivity index (χ4v) is 3.30. The molecule has 0 aliphatic carbocycles. The van der Waals surface area contributed by atoms with E-state index < -0.39 is 6.43 Å². The minimum atomic E-state index is -2.67. The molecule has 10 heteroatoms. The van der Waals surface area contributed by atoms with Crippen molar-refractivity contribution in [3.8, 4) is 11.5 Å². The molecule has 1 unspecified atom stereocenters. The second-order valence-electron chi connectivity index (χ2n) is 6.49. The van der Waals surface area contributed by atoms with Gasteiger partial charge >= 0.3 is 0 Å². The number of nitrogens with one attached hydrogen (secondary N) is 1. The molecule has 4 rings (SSSR count). The first-order chi connectivity index (χ1) is 13.6. The number of nitrogens with two attached hydrogens (primary N) is 1. The Morgan fingerprint density at radius 3 is 2.93 bits per heavy atom. The van der Waals surface area contributed by atoms with Gasteiger partial charge in [0.1, 0.15) is 17.2 Å². The predicted molar refractivity (Wildman–Crippen MR) is 100 cm³/mol. The normalized spacial score (nSPS) is 17.6. The number of rotatable bonds is 5. The van der Waals surface area contributed by atoms with Gasteiger partial charge in [-0.25, -0.2) is 28.7 Å². The van der Waals surface area contributed by atoms with Crippen molar-refractivity contribution in [3.05, 3.63) is 48.3 Å². The molecule has 0 bridgehead atoms. The average Bonchev–Trinajstić information content (AvgIpc) is 3.35. The Morgan fingerprint density at radius 1 is 1.29 bits per heavy atom. The molecule has 144 valence electrons. The summed E-state index contributed by atoms with van der Waals surface area (Å²) in [5.41, 5.74) is 7.31. The van der Waals surface area contributed by atoms with Crippen molar-refractivity contribution in [1.82, 2.24) is 24.3 Å². The third kappa shape index (κ3) is 3.28. The molecule has 4 heterocycles. The van der Waals surface area contributed by atoms with Gasteiger partial charge in [-0.05, 0) is 18.6 Å². The zero-order valence-electron chi connectivity index (χ0n) is 14.8. The van der Waals surface area contributed by atoms with Crippen LogP contribution < -0.4 is 10.6 Å². The van der Waals surface area contributed by atoms with E-state index in [0.29, 0.717) is 29.4 Å². The van der Waals surface area contributed by atoms with E-state index in [1.165, 1.54) is 23.0 Å². The zero-order chi connectivity index (χ0) is 19.7. The minimum Gasteiger partial charge on any atom is -0.402 e. The molecule has 8 nitrogen and oxygen atoms in total. The molecule has 0 radical (unpaired) electrons. The van der Waals surface area contributed by atoms with E-state index >= 15 is 0 Å². The second-order valence-corrected chi connectivity index (χ2v) is 6.49. The maximum atomic E-state index is 13.0. The number of anilines is 1. The maximum Gasteiger partial charge on any atom is 0.281 e. The number of imidazole rings is 1. The molecule has 3 aromatic rings. The number of halogens is 2. The molecule has 1 aliphatic rings. The van der Waals surface area contributed by atoms with Gasteiger partial charge in [0.25, 0.3) is 6.43 Å². The van der Waals surface area contributed by atoms with Gasteiger partial charge < -0.3 is 16.0 Å². The number of fused-ring (bicyclic) bond motifs is 1. The summed E-state index contributed by atoms with van der Waals surface area (Å²) in [4.78, 5) is 18.9. The SMILES string of the molecule is N=C/C=C(\N)C1CCN(c2ccnc(-c3cnc4cnc(C(F)F)cn34)n2)C1. The molecule has 28 heavy (non-hydrogen) atoms. The topological polar surface area (TPSA) is 109 Å². The molecule has 1 saturated heterocycles. The Labute approximate surface area is 159 Å². The number of nitrogens with zero attached hydrogens (tertiary/aromatic N) is 6. The van der Waals surface area contributed by atoms with Crippen LogP contribution in [0.3, 0.4) is 0 Å². The summed E-state index contributed by atoms with van der Waals surface area (Å²) in [5.74, 6) is 1.28. The summed E-state index contributed by atoms with van der Waals surface area (Å²) < 4.78 is 27.5. The van der Waals surface area contributed by atoms with Crippen LogP contribution in [-0.2, 0) is 0 Å². The zero-order valence-corrected chi connectivity index (χ0v) is 14.8. The monoisotopic (exact) mass is 384 g/mol. The fraction of sp³-hybridized carbons (Fsp3) is 0.278. The van der Waals surface area contributed by atoms with Gasteiger partial charge in [-0.3, -0.25) is 4.40 Å². The predicted octanol–water partition coefficient (Wildman–Crippen LogP) is 2.44. The highest BCUT2D eigenvalue weighted by atomic mass is 19.3. The number of allylic oxidation sites excluding steroid dienone is 1. The molecular weight excluding hydrogens is 366 g/mol. The molecule has 0 aromatic carbocycles. The number of hydrogen-bond donors (Lipinski definition) is 2. The summed E-state index contributed by atoms with van der Waals surface area (Å²) in [5, 5.41) is 7.15. The van der Waals surface area contributed by atoms with Crippen LogP contribution in [-0.4, -0.2) is 43.6 Å². The number of aromatic nitrogens is 5. The van der Waals surface area contributed by atoms with Crippen molar-refractivity contribution in [2.24, 2.45) is 11.7 Å². The first kappa shape index (κ1) is 18.0. The highest BCUT2D eigenvalue weighted by molar-refractivity contribution is 5.68. The Bertz CT molecular complexity index is 1040. The van der Waals surface area contributed by atoms with Crippen molar-refractivity contribution >= 4 is 17.7 Å². The van der Waals surface area contributed by atoms with E-state index in [-0.39, 0.29) is 11.6 Å². The van der Waals surface area contributed by atoms with Crippen molar-refractivity contribution in [2.75, 3.05) is 18.0 Å². The second kappa shape index (κ2) is 7.29. The van der Waals surface area contributed by atoms with Crippen molar-refractivity contribution in [2.45, 2.75) is 12.8 Å². The molecule has 0 spiro atoms. The first-order valence-electron chi connectivity index (χ1n) is 8.72. The summed E-state index contributed by atoms with van der Waals surface area (Å²) in [7, 11) is 0. The fourth-order valence-electron chi connectivity index (χ4n) is 3.30. The summed E-state index contributed by atoms with van der Waals surface area (Å²) in [6.07, 6.45) is 6.73. The third-order valence-electron chi connectivity index (χ3n) is 4.77. The van der Waals surface area contributed by atoms with Gasteiger partial charge in [0.05, 0.1) is 12.4 Å². The lowest BCUT2D eigenvalue weighted by Gasteiger charge is -2.18. The third-order valence-corrected chi connectivity index (χ3v) is 4.77. The average molecular weight is 384 g/mol. The van der Waals surface area contributed by atoms with E-state index in [1.54, 1.807) is 24.5 Å². The molecule has 0 amide bonds. The molecule has 1 fully saturated rings. The maximum absolute atomic E-state index is 13.0. The van der Waals surface area contributed by atoms with Gasteiger partial charge in [0.2, 0.25) is 0 Å². The Morgan fingerprint density at radius 2 is 2.14 bits per heavy atom. The van der Waals surface area contributed by atoms with Crippen LogP contribution in [0, 0.1) is 11.3 Å². The van der Waals surface area contributed by atoms with Crippen LogP contribution in [0.25, 0.3) is 17.2 Å². The molecule has 3 N–H and O–H groups in total. The summed E-state index contributed by atoms with van der Waals surface area (Å²) >= 11 is 0. The lowest BCUT2D eigenvalue weighted by molar-refractivity contribution is 0.145. The lowest BCUT2D eigenvalue weighted by atomic mass is 10.1. The van der Waals surface area contributed by atoms with Crippen LogP contribution in [0.5, 0.6) is 0 Å². The van der Waals surface area contributed by atoms with Gasteiger partial charge in [0.15, 0.2) is 11.5 Å².